The topological polar surface area (TPSA) is 67.3 Å². The molecule has 21 heavy (non-hydrogen) atoms. The molecule has 0 radical (unpaired) electrons. The monoisotopic (exact) mass is 304 g/mol. The number of carbonyl (C=O) groups excluding carboxylic acids is 1. The van der Waals surface area contributed by atoms with Crippen LogP contribution in [0, 0.1) is 0 Å². The molecular formula is C15H16N2O3S. The fraction of sp³-hybridized carbons (Fsp3) is 0.200. The Morgan fingerprint density at radius 3 is 2.29 bits per heavy atom. The summed E-state index contributed by atoms with van der Waals surface area (Å²) in [5, 5.41) is 0. The van der Waals surface area contributed by atoms with Gasteiger partial charge >= 0.3 is 0 Å². The van der Waals surface area contributed by atoms with Gasteiger partial charge in [-0.15, -0.1) is 0 Å². The van der Waals surface area contributed by atoms with E-state index in [1.165, 1.54) is 4.90 Å². The number of nitrogens with zero attached hydrogens (tertiary/aromatic N) is 2. The Hall–Kier alpha value is -2.21. The summed E-state index contributed by atoms with van der Waals surface area (Å²) in [5.74, 6) is -0.951. The van der Waals surface area contributed by atoms with Crippen molar-refractivity contribution >= 4 is 21.4 Å². The van der Waals surface area contributed by atoms with Crippen molar-refractivity contribution in [3.8, 4) is 0 Å². The van der Waals surface area contributed by atoms with Gasteiger partial charge in [0.1, 0.15) is 5.75 Å². The fourth-order valence-corrected chi connectivity index (χ4v) is 2.51. The maximum atomic E-state index is 12.3. The molecule has 0 fully saturated rings. The first kappa shape index (κ1) is 15.2. The molecule has 0 saturated carbocycles. The van der Waals surface area contributed by atoms with Crippen LogP contribution in [0.3, 0.4) is 0 Å². The molecule has 0 atom stereocenters. The standard InChI is InChI=1S/C15H16N2O3S/c1-21(19,20)12-15(18)17(14-5-3-2-4-6-14)11-13-7-9-16-10-8-13/h2-10H,11-12H2,1H3. The molecule has 0 N–H and O–H groups in total. The van der Waals surface area contributed by atoms with E-state index >= 15 is 0 Å². The van der Waals surface area contributed by atoms with Gasteiger partial charge in [0.05, 0.1) is 6.54 Å². The zero-order valence-electron chi connectivity index (χ0n) is 11.6. The average molecular weight is 304 g/mol. The summed E-state index contributed by atoms with van der Waals surface area (Å²) in [6.45, 7) is 0.306. The molecule has 1 aromatic heterocycles. The first-order chi connectivity index (χ1) is 9.96. The van der Waals surface area contributed by atoms with Crippen LogP contribution in [0.15, 0.2) is 54.9 Å². The highest BCUT2D eigenvalue weighted by molar-refractivity contribution is 7.91. The molecule has 0 saturated heterocycles. The zero-order valence-corrected chi connectivity index (χ0v) is 12.5. The van der Waals surface area contributed by atoms with Gasteiger partial charge < -0.3 is 4.90 Å². The van der Waals surface area contributed by atoms with E-state index in [1.54, 1.807) is 36.7 Å². The Kier molecular flexibility index (Phi) is 4.70. The van der Waals surface area contributed by atoms with Gasteiger partial charge in [-0.2, -0.15) is 0 Å². The van der Waals surface area contributed by atoms with Crippen LogP contribution in [0.1, 0.15) is 5.56 Å². The normalized spacial score (nSPS) is 11.1. The largest absolute Gasteiger partial charge is 0.307 e. The third-order valence-corrected chi connectivity index (χ3v) is 3.62. The van der Waals surface area contributed by atoms with E-state index < -0.39 is 21.5 Å². The Balaban J connectivity index is 2.29. The van der Waals surface area contributed by atoms with Crippen LogP contribution >= 0.6 is 0 Å². The predicted octanol–water partition coefficient (Wildman–Crippen LogP) is 1.66. The van der Waals surface area contributed by atoms with Crippen LogP contribution in [0.25, 0.3) is 0 Å². The number of hydrogen-bond acceptors (Lipinski definition) is 4. The molecule has 1 aromatic carbocycles. The zero-order chi connectivity index (χ0) is 15.3. The van der Waals surface area contributed by atoms with Crippen LogP contribution in [-0.2, 0) is 21.2 Å². The van der Waals surface area contributed by atoms with Gasteiger partial charge in [0.2, 0.25) is 5.91 Å². The van der Waals surface area contributed by atoms with Crippen LogP contribution in [0.4, 0.5) is 5.69 Å². The van der Waals surface area contributed by atoms with Crippen molar-refractivity contribution in [1.82, 2.24) is 4.98 Å². The number of anilines is 1. The Bertz CT molecular complexity index is 700. The highest BCUT2D eigenvalue weighted by atomic mass is 32.2. The number of benzene rings is 1. The molecule has 0 aliphatic carbocycles. The second-order valence-electron chi connectivity index (χ2n) is 4.74. The second kappa shape index (κ2) is 6.49. The lowest BCUT2D eigenvalue weighted by molar-refractivity contribution is -0.116. The number of rotatable bonds is 5. The molecule has 0 aliphatic rings. The second-order valence-corrected chi connectivity index (χ2v) is 6.88. The minimum atomic E-state index is -3.37. The number of amides is 1. The third-order valence-electron chi connectivity index (χ3n) is 2.84. The molecule has 0 spiro atoms. The van der Waals surface area contributed by atoms with Gasteiger partial charge in [0.25, 0.3) is 0 Å². The first-order valence-corrected chi connectivity index (χ1v) is 8.44. The van der Waals surface area contributed by atoms with Crippen molar-refractivity contribution < 1.29 is 13.2 Å². The molecule has 5 nitrogen and oxygen atoms in total. The van der Waals surface area contributed by atoms with Crippen molar-refractivity contribution in [1.29, 1.82) is 0 Å². The lowest BCUT2D eigenvalue weighted by Crippen LogP contribution is -2.35. The summed E-state index contributed by atoms with van der Waals surface area (Å²) < 4.78 is 22.7. The number of aromatic nitrogens is 1. The van der Waals surface area contributed by atoms with Crippen molar-refractivity contribution in [3.63, 3.8) is 0 Å². The van der Waals surface area contributed by atoms with E-state index in [1.807, 2.05) is 18.2 Å². The smallest absolute Gasteiger partial charge is 0.242 e. The highest BCUT2D eigenvalue weighted by Gasteiger charge is 2.20. The van der Waals surface area contributed by atoms with E-state index in [0.717, 1.165) is 11.8 Å². The summed E-state index contributed by atoms with van der Waals surface area (Å²) >= 11 is 0. The van der Waals surface area contributed by atoms with Crippen LogP contribution in [0.5, 0.6) is 0 Å². The lowest BCUT2D eigenvalue weighted by atomic mass is 10.2. The molecule has 6 heteroatoms. The van der Waals surface area contributed by atoms with Gasteiger partial charge in [-0.3, -0.25) is 9.78 Å². The minimum absolute atomic E-state index is 0.306. The van der Waals surface area contributed by atoms with Crippen molar-refractivity contribution in [2.75, 3.05) is 16.9 Å². The lowest BCUT2D eigenvalue weighted by Gasteiger charge is -2.22. The van der Waals surface area contributed by atoms with Crippen LogP contribution in [-0.4, -0.2) is 31.3 Å². The molecule has 110 valence electrons. The van der Waals surface area contributed by atoms with Crippen molar-refractivity contribution in [2.24, 2.45) is 0 Å². The van der Waals surface area contributed by atoms with Crippen LogP contribution < -0.4 is 4.90 Å². The molecule has 0 aliphatic heterocycles. The number of carbonyl (C=O) groups is 1. The quantitative estimate of drug-likeness (QED) is 0.842. The summed E-state index contributed by atoms with van der Waals surface area (Å²) in [5.41, 5.74) is 1.55. The fourth-order valence-electron chi connectivity index (χ4n) is 1.90. The van der Waals surface area contributed by atoms with Gasteiger partial charge in [-0.25, -0.2) is 8.42 Å². The Morgan fingerprint density at radius 1 is 1.10 bits per heavy atom. The third kappa shape index (κ3) is 4.68. The number of para-hydroxylation sites is 1. The summed E-state index contributed by atoms with van der Waals surface area (Å²) in [6.07, 6.45) is 4.33. The Morgan fingerprint density at radius 2 is 1.71 bits per heavy atom. The molecule has 2 rings (SSSR count). The van der Waals surface area contributed by atoms with E-state index in [9.17, 15) is 13.2 Å². The SMILES string of the molecule is CS(=O)(=O)CC(=O)N(Cc1ccncc1)c1ccccc1. The van der Waals surface area contributed by atoms with E-state index in [0.29, 0.717) is 12.2 Å². The highest BCUT2D eigenvalue weighted by Crippen LogP contribution is 2.17. The van der Waals surface area contributed by atoms with Gasteiger partial charge in [0.15, 0.2) is 9.84 Å². The minimum Gasteiger partial charge on any atom is -0.307 e. The van der Waals surface area contributed by atoms with Gasteiger partial charge in [-0.1, -0.05) is 18.2 Å². The number of pyridine rings is 1. The van der Waals surface area contributed by atoms with E-state index in [4.69, 9.17) is 0 Å². The van der Waals surface area contributed by atoms with Crippen molar-refractivity contribution in [2.45, 2.75) is 6.54 Å². The molecule has 1 heterocycles. The molecule has 2 aromatic rings. The van der Waals surface area contributed by atoms with E-state index in [2.05, 4.69) is 4.98 Å². The Labute approximate surface area is 124 Å². The van der Waals surface area contributed by atoms with Crippen molar-refractivity contribution in [3.05, 3.63) is 60.4 Å². The summed E-state index contributed by atoms with van der Waals surface area (Å²) in [7, 11) is -3.37. The van der Waals surface area contributed by atoms with Gasteiger partial charge in [-0.05, 0) is 29.8 Å². The maximum absolute atomic E-state index is 12.3. The van der Waals surface area contributed by atoms with Gasteiger partial charge in [0, 0.05) is 24.3 Å². The van der Waals surface area contributed by atoms with E-state index in [-0.39, 0.29) is 0 Å². The van der Waals surface area contributed by atoms with Crippen LogP contribution in [0.2, 0.25) is 0 Å². The molecular weight excluding hydrogens is 288 g/mol. The number of hydrogen-bond donors (Lipinski definition) is 0. The predicted molar refractivity (Wildman–Crippen MR) is 81.6 cm³/mol. The maximum Gasteiger partial charge on any atom is 0.242 e. The molecule has 0 unspecified atom stereocenters. The molecule has 0 bridgehead atoms. The molecule has 1 amide bonds. The average Bonchev–Trinajstić information content (AvgIpc) is 2.45. The summed E-state index contributed by atoms with van der Waals surface area (Å²) in [4.78, 5) is 17.7. The number of sulfone groups is 1. The summed E-state index contributed by atoms with van der Waals surface area (Å²) in [6, 6.07) is 12.6. The first-order valence-electron chi connectivity index (χ1n) is 6.38.